The molecule has 0 heterocycles. The Labute approximate surface area is 114 Å². The third-order valence-electron chi connectivity index (χ3n) is 2.11. The second-order valence-electron chi connectivity index (χ2n) is 3.20. The van der Waals surface area contributed by atoms with Gasteiger partial charge in [0.25, 0.3) is 0 Å². The van der Waals surface area contributed by atoms with Crippen LogP contribution in [0.15, 0.2) is 22.7 Å². The molecular weight excluding hydrogens is 317 g/mol. The van der Waals surface area contributed by atoms with E-state index in [0.717, 1.165) is 10.0 Å². The second kappa shape index (κ2) is 7.12. The van der Waals surface area contributed by atoms with Gasteiger partial charge in [-0.05, 0) is 24.2 Å². The van der Waals surface area contributed by atoms with Gasteiger partial charge in [0.1, 0.15) is 0 Å². The first-order valence-electron chi connectivity index (χ1n) is 4.41. The molecule has 0 fully saturated rings. The predicted molar refractivity (Wildman–Crippen MR) is 70.4 cm³/mol. The van der Waals surface area contributed by atoms with Gasteiger partial charge >= 0.3 is 5.97 Å². The molecule has 3 N–H and O–H groups in total. The maximum Gasteiger partial charge on any atom is 0.304 e. The first kappa shape index (κ1) is 15.7. The van der Waals surface area contributed by atoms with Crippen LogP contribution in [0.1, 0.15) is 17.9 Å². The molecular formula is C10H12BrCl2NO2. The van der Waals surface area contributed by atoms with Crippen LogP contribution in [0, 0.1) is 0 Å². The predicted octanol–water partition coefficient (Wildman–Crippen LogP) is 3.04. The molecule has 0 aliphatic rings. The van der Waals surface area contributed by atoms with E-state index in [0.29, 0.717) is 11.6 Å². The van der Waals surface area contributed by atoms with Crippen LogP contribution in [0.5, 0.6) is 0 Å². The highest BCUT2D eigenvalue weighted by atomic mass is 79.9. The fourth-order valence-corrected chi connectivity index (χ4v) is 2.37. The Bertz CT molecular complexity index is 374. The van der Waals surface area contributed by atoms with Crippen molar-refractivity contribution in [2.24, 2.45) is 5.73 Å². The molecule has 0 saturated carbocycles. The lowest BCUT2D eigenvalue weighted by atomic mass is 9.96. The van der Waals surface area contributed by atoms with Crippen molar-refractivity contribution in [2.45, 2.75) is 12.3 Å². The zero-order valence-corrected chi connectivity index (χ0v) is 11.5. The quantitative estimate of drug-likeness (QED) is 0.892. The Morgan fingerprint density at radius 1 is 1.56 bits per heavy atom. The molecule has 90 valence electrons. The number of hydrogen-bond donors (Lipinski definition) is 2. The van der Waals surface area contributed by atoms with E-state index in [1.807, 2.05) is 0 Å². The molecule has 0 aromatic heterocycles. The molecule has 1 atom stereocenters. The average Bonchev–Trinajstić information content (AvgIpc) is 2.14. The third kappa shape index (κ3) is 4.29. The first-order chi connectivity index (χ1) is 7.04. The molecule has 1 aromatic carbocycles. The Balaban J connectivity index is 0.00000225. The molecule has 6 heteroatoms. The number of halogens is 3. The monoisotopic (exact) mass is 327 g/mol. The Morgan fingerprint density at radius 3 is 2.62 bits per heavy atom. The summed E-state index contributed by atoms with van der Waals surface area (Å²) in [5.74, 6) is -1.04. The lowest BCUT2D eigenvalue weighted by Gasteiger charge is -2.14. The van der Waals surface area contributed by atoms with Crippen molar-refractivity contribution >= 4 is 45.9 Å². The maximum atomic E-state index is 10.6. The summed E-state index contributed by atoms with van der Waals surface area (Å²) < 4.78 is 0.798. The minimum Gasteiger partial charge on any atom is -0.481 e. The van der Waals surface area contributed by atoms with Crippen molar-refractivity contribution in [1.29, 1.82) is 0 Å². The molecule has 1 aromatic rings. The minimum atomic E-state index is -0.854. The number of carbonyl (C=O) groups is 1. The zero-order valence-electron chi connectivity index (χ0n) is 8.32. The molecule has 0 aliphatic carbocycles. The molecule has 0 bridgehead atoms. The lowest BCUT2D eigenvalue weighted by molar-refractivity contribution is -0.137. The van der Waals surface area contributed by atoms with E-state index < -0.39 is 5.97 Å². The van der Waals surface area contributed by atoms with Crippen LogP contribution < -0.4 is 5.73 Å². The molecule has 0 saturated heterocycles. The molecule has 0 aliphatic heterocycles. The van der Waals surface area contributed by atoms with Crippen molar-refractivity contribution in [3.05, 3.63) is 33.3 Å². The van der Waals surface area contributed by atoms with Crippen LogP contribution in [0.25, 0.3) is 0 Å². The van der Waals surface area contributed by atoms with Crippen molar-refractivity contribution < 1.29 is 9.90 Å². The number of nitrogens with two attached hydrogens (primary N) is 1. The summed E-state index contributed by atoms with van der Waals surface area (Å²) >= 11 is 9.14. The summed E-state index contributed by atoms with van der Waals surface area (Å²) in [5.41, 5.74) is 6.42. The molecule has 1 rings (SSSR count). The summed E-state index contributed by atoms with van der Waals surface area (Å²) in [6.07, 6.45) is 0.0245. The largest absolute Gasteiger partial charge is 0.481 e. The topological polar surface area (TPSA) is 63.3 Å². The highest BCUT2D eigenvalue weighted by Crippen LogP contribution is 2.29. The lowest BCUT2D eigenvalue weighted by Crippen LogP contribution is -2.16. The summed E-state index contributed by atoms with van der Waals surface area (Å²) in [6, 6.07) is 5.26. The van der Waals surface area contributed by atoms with Crippen LogP contribution in [-0.4, -0.2) is 17.6 Å². The van der Waals surface area contributed by atoms with Gasteiger partial charge in [-0.2, -0.15) is 0 Å². The average molecular weight is 329 g/mol. The van der Waals surface area contributed by atoms with Gasteiger partial charge in [0, 0.05) is 15.4 Å². The molecule has 0 spiro atoms. The van der Waals surface area contributed by atoms with E-state index in [9.17, 15) is 4.79 Å². The van der Waals surface area contributed by atoms with Crippen LogP contribution >= 0.6 is 39.9 Å². The van der Waals surface area contributed by atoms with Crippen LogP contribution in [0.4, 0.5) is 0 Å². The van der Waals surface area contributed by atoms with Gasteiger partial charge in [0.05, 0.1) is 6.42 Å². The number of rotatable bonds is 4. The van der Waals surface area contributed by atoms with E-state index in [1.54, 1.807) is 18.2 Å². The van der Waals surface area contributed by atoms with Crippen LogP contribution in [-0.2, 0) is 4.79 Å². The van der Waals surface area contributed by atoms with Gasteiger partial charge in [0.2, 0.25) is 0 Å². The molecule has 0 radical (unpaired) electrons. The fourth-order valence-electron chi connectivity index (χ4n) is 1.36. The van der Waals surface area contributed by atoms with E-state index in [1.165, 1.54) is 0 Å². The van der Waals surface area contributed by atoms with Gasteiger partial charge in [-0.1, -0.05) is 33.6 Å². The van der Waals surface area contributed by atoms with Crippen LogP contribution in [0.3, 0.4) is 0 Å². The van der Waals surface area contributed by atoms with E-state index >= 15 is 0 Å². The highest BCUT2D eigenvalue weighted by Gasteiger charge is 2.16. The van der Waals surface area contributed by atoms with Crippen molar-refractivity contribution in [3.63, 3.8) is 0 Å². The van der Waals surface area contributed by atoms with Crippen LogP contribution in [0.2, 0.25) is 5.02 Å². The number of carboxylic acids is 1. The smallest absolute Gasteiger partial charge is 0.304 e. The zero-order chi connectivity index (χ0) is 11.4. The Hall–Kier alpha value is -0.290. The number of carboxylic acid groups (broad SMARTS) is 1. The SMILES string of the molecule is Cl.NC[C@H](CC(=O)O)c1ccc(Cl)cc1Br. The Morgan fingerprint density at radius 2 is 2.19 bits per heavy atom. The molecule has 3 nitrogen and oxygen atoms in total. The van der Waals surface area contributed by atoms with Gasteiger partial charge < -0.3 is 10.8 Å². The van der Waals surface area contributed by atoms with Gasteiger partial charge in [-0.25, -0.2) is 0 Å². The van der Waals surface area contributed by atoms with E-state index in [2.05, 4.69) is 15.9 Å². The first-order valence-corrected chi connectivity index (χ1v) is 5.58. The van der Waals surface area contributed by atoms with Crippen molar-refractivity contribution in [1.82, 2.24) is 0 Å². The molecule has 0 amide bonds. The number of hydrogen-bond acceptors (Lipinski definition) is 2. The summed E-state index contributed by atoms with van der Waals surface area (Å²) in [5, 5.41) is 9.33. The maximum absolute atomic E-state index is 10.6. The van der Waals surface area contributed by atoms with Crippen molar-refractivity contribution in [3.8, 4) is 0 Å². The van der Waals surface area contributed by atoms with E-state index in [-0.39, 0.29) is 24.7 Å². The third-order valence-corrected chi connectivity index (χ3v) is 3.03. The van der Waals surface area contributed by atoms with E-state index in [4.69, 9.17) is 22.4 Å². The van der Waals surface area contributed by atoms with Crippen molar-refractivity contribution in [2.75, 3.05) is 6.54 Å². The number of benzene rings is 1. The number of aliphatic carboxylic acids is 1. The van der Waals surface area contributed by atoms with Gasteiger partial charge in [-0.3, -0.25) is 4.79 Å². The molecule has 0 unspecified atom stereocenters. The molecule has 16 heavy (non-hydrogen) atoms. The standard InChI is InChI=1S/C10H11BrClNO2.ClH/c11-9-4-7(12)1-2-8(9)6(5-13)3-10(14)15;/h1-2,4,6H,3,5,13H2,(H,14,15);1H/t6-;/m0./s1. The minimum absolute atomic E-state index is 0. The van der Waals surface area contributed by atoms with Gasteiger partial charge in [-0.15, -0.1) is 12.4 Å². The van der Waals surface area contributed by atoms with Gasteiger partial charge in [0.15, 0.2) is 0 Å². The Kier molecular flexibility index (Phi) is 6.99. The normalized spacial score (nSPS) is 11.7. The fraction of sp³-hybridized carbons (Fsp3) is 0.300. The summed E-state index contributed by atoms with van der Waals surface area (Å²) in [7, 11) is 0. The highest BCUT2D eigenvalue weighted by molar-refractivity contribution is 9.10. The summed E-state index contributed by atoms with van der Waals surface area (Å²) in [6.45, 7) is 0.298. The summed E-state index contributed by atoms with van der Waals surface area (Å²) in [4.78, 5) is 10.6. The second-order valence-corrected chi connectivity index (χ2v) is 4.49.